The Morgan fingerprint density at radius 1 is 1.47 bits per heavy atom. The van der Waals surface area contributed by atoms with Crippen molar-refractivity contribution in [3.63, 3.8) is 0 Å². The quantitative estimate of drug-likeness (QED) is 0.538. The number of aliphatic hydroxyl groups is 1. The van der Waals surface area contributed by atoms with E-state index in [2.05, 4.69) is 5.32 Å². The minimum absolute atomic E-state index is 0.0110. The lowest BCUT2D eigenvalue weighted by Crippen LogP contribution is -2.49. The summed E-state index contributed by atoms with van der Waals surface area (Å²) in [7, 11) is 1.53. The maximum Gasteiger partial charge on any atom is 0.326 e. The third-order valence-corrected chi connectivity index (χ3v) is 2.25. The zero-order valence-corrected chi connectivity index (χ0v) is 10.2. The molecule has 3 N–H and O–H groups in total. The van der Waals surface area contributed by atoms with Gasteiger partial charge in [-0.05, 0) is 6.92 Å². The zero-order valence-electron chi connectivity index (χ0n) is 10.2. The lowest BCUT2D eigenvalue weighted by Gasteiger charge is -2.23. The lowest BCUT2D eigenvalue weighted by atomic mass is 10.2. The van der Waals surface area contributed by atoms with Crippen LogP contribution in [0.25, 0.3) is 0 Å². The molecule has 100 valence electrons. The van der Waals surface area contributed by atoms with Crippen molar-refractivity contribution >= 4 is 12.0 Å². The van der Waals surface area contributed by atoms with Gasteiger partial charge in [-0.25, -0.2) is 9.59 Å². The first-order chi connectivity index (χ1) is 8.06. The van der Waals surface area contributed by atoms with Gasteiger partial charge in [0.25, 0.3) is 0 Å². The molecule has 7 heteroatoms. The molecule has 0 bridgehead atoms. The van der Waals surface area contributed by atoms with Crippen LogP contribution in [-0.2, 0) is 9.53 Å². The predicted octanol–water partition coefficient (Wildman–Crippen LogP) is -0.500. The molecule has 0 spiro atoms. The summed E-state index contributed by atoms with van der Waals surface area (Å²) in [6.07, 6.45) is -0.0110. The number of ether oxygens (including phenoxy) is 1. The first-order valence-electron chi connectivity index (χ1n) is 5.44. The number of hydrogen-bond donors (Lipinski definition) is 3. The van der Waals surface area contributed by atoms with Gasteiger partial charge in [-0.1, -0.05) is 0 Å². The summed E-state index contributed by atoms with van der Waals surface area (Å²) < 4.78 is 4.85. The van der Waals surface area contributed by atoms with Gasteiger partial charge < -0.3 is 25.2 Å². The molecule has 0 aliphatic carbocycles. The van der Waals surface area contributed by atoms with E-state index in [-0.39, 0.29) is 13.0 Å². The Balaban J connectivity index is 4.30. The van der Waals surface area contributed by atoms with Crippen molar-refractivity contribution in [2.45, 2.75) is 19.4 Å². The van der Waals surface area contributed by atoms with Gasteiger partial charge in [0, 0.05) is 33.2 Å². The number of likely N-dealkylation sites (N-methyl/N-ethyl adjacent to an activating group) is 1. The molecule has 0 heterocycles. The molecule has 0 aromatic heterocycles. The molecular weight excluding hydrogens is 228 g/mol. The molecule has 17 heavy (non-hydrogen) atoms. The van der Waals surface area contributed by atoms with Crippen molar-refractivity contribution in [3.05, 3.63) is 0 Å². The van der Waals surface area contributed by atoms with E-state index in [9.17, 15) is 9.59 Å². The van der Waals surface area contributed by atoms with E-state index >= 15 is 0 Å². The van der Waals surface area contributed by atoms with E-state index in [1.54, 1.807) is 6.92 Å². The number of carbonyl (C=O) groups is 2. The van der Waals surface area contributed by atoms with E-state index in [0.717, 1.165) is 0 Å². The number of nitrogens with zero attached hydrogens (tertiary/aromatic N) is 1. The van der Waals surface area contributed by atoms with E-state index in [0.29, 0.717) is 19.7 Å². The maximum absolute atomic E-state index is 11.7. The highest BCUT2D eigenvalue weighted by Gasteiger charge is 2.21. The Morgan fingerprint density at radius 3 is 2.53 bits per heavy atom. The highest BCUT2D eigenvalue weighted by atomic mass is 16.5. The summed E-state index contributed by atoms with van der Waals surface area (Å²) in [5.41, 5.74) is 0. The van der Waals surface area contributed by atoms with Gasteiger partial charge >= 0.3 is 12.0 Å². The van der Waals surface area contributed by atoms with E-state index < -0.39 is 18.0 Å². The fourth-order valence-corrected chi connectivity index (χ4v) is 1.23. The van der Waals surface area contributed by atoms with Crippen molar-refractivity contribution < 1.29 is 24.5 Å². The molecule has 2 amide bonds. The minimum Gasteiger partial charge on any atom is -0.480 e. The maximum atomic E-state index is 11.7. The Hall–Kier alpha value is -1.34. The number of carboxylic acid groups (broad SMARTS) is 1. The van der Waals surface area contributed by atoms with Crippen LogP contribution in [-0.4, -0.2) is 66.6 Å². The average molecular weight is 248 g/mol. The van der Waals surface area contributed by atoms with Crippen molar-refractivity contribution in [2.24, 2.45) is 0 Å². The molecule has 0 aliphatic rings. The molecule has 0 saturated carbocycles. The Kier molecular flexibility index (Phi) is 8.08. The molecule has 0 rings (SSSR count). The Morgan fingerprint density at radius 2 is 2.12 bits per heavy atom. The number of nitrogens with one attached hydrogen (secondary N) is 1. The molecule has 0 aromatic rings. The predicted molar refractivity (Wildman–Crippen MR) is 60.8 cm³/mol. The molecule has 0 aliphatic heterocycles. The number of carbonyl (C=O) groups excluding carboxylic acids is 1. The fraction of sp³-hybridized carbons (Fsp3) is 0.800. The summed E-state index contributed by atoms with van der Waals surface area (Å²) in [6, 6.07) is -1.53. The average Bonchev–Trinajstić information content (AvgIpc) is 2.29. The van der Waals surface area contributed by atoms with Gasteiger partial charge in [-0.2, -0.15) is 0 Å². The van der Waals surface area contributed by atoms with Gasteiger partial charge in [-0.3, -0.25) is 0 Å². The summed E-state index contributed by atoms with van der Waals surface area (Å²) >= 11 is 0. The highest BCUT2D eigenvalue weighted by Crippen LogP contribution is 1.96. The van der Waals surface area contributed by atoms with Gasteiger partial charge in [0.05, 0.1) is 6.61 Å². The van der Waals surface area contributed by atoms with Crippen molar-refractivity contribution in [1.82, 2.24) is 10.2 Å². The number of amides is 2. The van der Waals surface area contributed by atoms with Crippen LogP contribution in [0.15, 0.2) is 0 Å². The normalized spacial score (nSPS) is 11.9. The van der Waals surface area contributed by atoms with Crippen LogP contribution in [0.4, 0.5) is 4.79 Å². The second-order valence-corrected chi connectivity index (χ2v) is 3.43. The van der Waals surface area contributed by atoms with Crippen LogP contribution in [0.2, 0.25) is 0 Å². The standard InChI is InChI=1S/C10H20N2O5/c1-3-12(5-7-17-2)10(16)11-8(4-6-13)9(14)15/h8,13H,3-7H2,1-2H3,(H,11,16)(H,14,15)/t8-/m0/s1. The fourth-order valence-electron chi connectivity index (χ4n) is 1.23. The molecular formula is C10H20N2O5. The molecule has 0 saturated heterocycles. The van der Waals surface area contributed by atoms with Crippen LogP contribution in [0, 0.1) is 0 Å². The number of urea groups is 1. The Bertz CT molecular complexity index is 247. The number of aliphatic hydroxyl groups excluding tert-OH is 1. The van der Waals surface area contributed by atoms with E-state index in [1.165, 1.54) is 12.0 Å². The molecule has 0 aromatic carbocycles. The third kappa shape index (κ3) is 6.08. The topological polar surface area (TPSA) is 99.1 Å². The lowest BCUT2D eigenvalue weighted by molar-refractivity contribution is -0.139. The summed E-state index contributed by atoms with van der Waals surface area (Å²) in [5, 5.41) is 19.9. The highest BCUT2D eigenvalue weighted by molar-refractivity contribution is 5.82. The van der Waals surface area contributed by atoms with E-state index in [4.69, 9.17) is 14.9 Å². The van der Waals surface area contributed by atoms with Crippen molar-refractivity contribution in [2.75, 3.05) is 33.4 Å². The van der Waals surface area contributed by atoms with Crippen LogP contribution in [0.3, 0.4) is 0 Å². The number of aliphatic carboxylic acids is 1. The van der Waals surface area contributed by atoms with Crippen LogP contribution < -0.4 is 5.32 Å². The van der Waals surface area contributed by atoms with Crippen LogP contribution >= 0.6 is 0 Å². The first kappa shape index (κ1) is 15.7. The molecule has 0 unspecified atom stereocenters. The monoisotopic (exact) mass is 248 g/mol. The zero-order chi connectivity index (χ0) is 13.3. The van der Waals surface area contributed by atoms with E-state index in [1.807, 2.05) is 0 Å². The van der Waals surface area contributed by atoms with Crippen LogP contribution in [0.5, 0.6) is 0 Å². The van der Waals surface area contributed by atoms with Gasteiger partial charge in [0.1, 0.15) is 6.04 Å². The second kappa shape index (κ2) is 8.77. The third-order valence-electron chi connectivity index (χ3n) is 2.25. The largest absolute Gasteiger partial charge is 0.480 e. The smallest absolute Gasteiger partial charge is 0.326 e. The number of hydrogen-bond acceptors (Lipinski definition) is 4. The summed E-state index contributed by atoms with van der Waals surface area (Å²) in [6.45, 7) is 2.74. The van der Waals surface area contributed by atoms with Crippen LogP contribution in [0.1, 0.15) is 13.3 Å². The van der Waals surface area contributed by atoms with Crippen molar-refractivity contribution in [1.29, 1.82) is 0 Å². The summed E-state index contributed by atoms with van der Waals surface area (Å²) in [4.78, 5) is 23.9. The SMILES string of the molecule is CCN(CCOC)C(=O)N[C@@H](CCO)C(=O)O. The number of rotatable bonds is 8. The van der Waals surface area contributed by atoms with Gasteiger partial charge in [-0.15, -0.1) is 0 Å². The van der Waals surface area contributed by atoms with Gasteiger partial charge in [0.15, 0.2) is 0 Å². The van der Waals surface area contributed by atoms with Crippen molar-refractivity contribution in [3.8, 4) is 0 Å². The molecule has 0 fully saturated rings. The van der Waals surface area contributed by atoms with Gasteiger partial charge in [0.2, 0.25) is 0 Å². The molecule has 0 radical (unpaired) electrons. The number of carboxylic acids is 1. The first-order valence-corrected chi connectivity index (χ1v) is 5.44. The number of methoxy groups -OCH3 is 1. The Labute approximate surface area is 100 Å². The summed E-state index contributed by atoms with van der Waals surface area (Å²) in [5.74, 6) is -1.16. The molecule has 1 atom stereocenters. The second-order valence-electron chi connectivity index (χ2n) is 3.43. The minimum atomic E-state index is -1.16. The molecule has 7 nitrogen and oxygen atoms in total.